The van der Waals surface area contributed by atoms with E-state index in [2.05, 4.69) is 5.32 Å². The highest BCUT2D eigenvalue weighted by atomic mass is 35.5. The molecule has 1 aliphatic heterocycles. The average molecular weight is 372 g/mol. The lowest BCUT2D eigenvalue weighted by Gasteiger charge is -2.26. The van der Waals surface area contributed by atoms with Gasteiger partial charge in [0.25, 0.3) is 5.91 Å². The quantitative estimate of drug-likeness (QED) is 0.834. The van der Waals surface area contributed by atoms with Crippen LogP contribution in [0.3, 0.4) is 0 Å². The van der Waals surface area contributed by atoms with Crippen LogP contribution in [-0.2, 0) is 4.79 Å². The van der Waals surface area contributed by atoms with Crippen molar-refractivity contribution in [3.63, 3.8) is 0 Å². The highest BCUT2D eigenvalue weighted by molar-refractivity contribution is 7.99. The standard InChI is InChI=1S/C17H25N3O2S.ClH/c1-3-4-14(18)16(21)19-15-11-13(6-5-12(15)2)17(22)20-7-9-23-10-8-20;/h5-6,11,14H,3-4,7-10,18H2,1-2H3,(H,19,21);1H. The van der Waals surface area contributed by atoms with Gasteiger partial charge in [0.1, 0.15) is 0 Å². The molecule has 2 amide bonds. The minimum atomic E-state index is -0.516. The predicted octanol–water partition coefficient (Wildman–Crippen LogP) is 2.67. The van der Waals surface area contributed by atoms with E-state index in [4.69, 9.17) is 5.73 Å². The number of carbonyl (C=O) groups is 2. The maximum absolute atomic E-state index is 12.6. The summed E-state index contributed by atoms with van der Waals surface area (Å²) < 4.78 is 0. The maximum atomic E-state index is 12.6. The zero-order valence-corrected chi connectivity index (χ0v) is 15.8. The molecule has 0 radical (unpaired) electrons. The van der Waals surface area contributed by atoms with Crippen molar-refractivity contribution in [3.8, 4) is 0 Å². The smallest absolute Gasteiger partial charge is 0.253 e. The molecule has 2 rings (SSSR count). The molecule has 1 atom stereocenters. The second-order valence-electron chi connectivity index (χ2n) is 5.82. The molecule has 0 saturated carbocycles. The fraction of sp³-hybridized carbons (Fsp3) is 0.529. The summed E-state index contributed by atoms with van der Waals surface area (Å²) in [5, 5.41) is 2.85. The molecule has 24 heavy (non-hydrogen) atoms. The average Bonchev–Trinajstić information content (AvgIpc) is 2.57. The van der Waals surface area contributed by atoms with E-state index in [0.29, 0.717) is 17.7 Å². The Balaban J connectivity index is 0.00000288. The molecule has 0 aliphatic carbocycles. The molecule has 1 fully saturated rings. The van der Waals surface area contributed by atoms with Gasteiger partial charge in [-0.25, -0.2) is 0 Å². The molecular weight excluding hydrogens is 346 g/mol. The van der Waals surface area contributed by atoms with Crippen molar-refractivity contribution in [1.82, 2.24) is 4.90 Å². The summed E-state index contributed by atoms with van der Waals surface area (Å²) >= 11 is 1.87. The van der Waals surface area contributed by atoms with E-state index in [1.165, 1.54) is 0 Å². The lowest BCUT2D eigenvalue weighted by molar-refractivity contribution is -0.117. The fourth-order valence-electron chi connectivity index (χ4n) is 2.51. The van der Waals surface area contributed by atoms with Gasteiger partial charge in [0.15, 0.2) is 0 Å². The van der Waals surface area contributed by atoms with Gasteiger partial charge in [0.05, 0.1) is 6.04 Å². The van der Waals surface area contributed by atoms with Gasteiger partial charge in [0.2, 0.25) is 5.91 Å². The number of halogens is 1. The van der Waals surface area contributed by atoms with Crippen LogP contribution in [0.5, 0.6) is 0 Å². The van der Waals surface area contributed by atoms with E-state index in [-0.39, 0.29) is 24.2 Å². The molecule has 1 heterocycles. The van der Waals surface area contributed by atoms with E-state index in [1.54, 1.807) is 6.07 Å². The van der Waals surface area contributed by atoms with Gasteiger partial charge in [-0.05, 0) is 31.0 Å². The molecule has 7 heteroatoms. The van der Waals surface area contributed by atoms with Gasteiger partial charge in [-0.2, -0.15) is 11.8 Å². The third-order valence-electron chi connectivity index (χ3n) is 3.98. The number of hydrogen-bond donors (Lipinski definition) is 2. The van der Waals surface area contributed by atoms with Crippen LogP contribution in [0, 0.1) is 6.92 Å². The number of rotatable bonds is 5. The zero-order valence-electron chi connectivity index (χ0n) is 14.2. The highest BCUT2D eigenvalue weighted by Gasteiger charge is 2.20. The van der Waals surface area contributed by atoms with Gasteiger partial charge in [-0.1, -0.05) is 19.4 Å². The lowest BCUT2D eigenvalue weighted by atomic mass is 10.1. The molecule has 3 N–H and O–H groups in total. The summed E-state index contributed by atoms with van der Waals surface area (Å²) in [5.74, 6) is 1.78. The van der Waals surface area contributed by atoms with Gasteiger partial charge >= 0.3 is 0 Å². The van der Waals surface area contributed by atoms with Crippen LogP contribution in [0.15, 0.2) is 18.2 Å². The molecular formula is C17H26ClN3O2S. The van der Waals surface area contributed by atoms with Crippen LogP contribution in [0.1, 0.15) is 35.7 Å². The Labute approximate surface area is 154 Å². The Bertz CT molecular complexity index is 577. The number of nitrogens with one attached hydrogen (secondary N) is 1. The minimum Gasteiger partial charge on any atom is -0.337 e. The Kier molecular flexibility index (Phi) is 8.59. The predicted molar refractivity (Wildman–Crippen MR) is 103 cm³/mol. The number of aryl methyl sites for hydroxylation is 1. The van der Waals surface area contributed by atoms with Crippen LogP contribution in [0.2, 0.25) is 0 Å². The number of hydrogen-bond acceptors (Lipinski definition) is 4. The number of anilines is 1. The molecule has 1 aromatic carbocycles. The Hall–Kier alpha value is -1.24. The highest BCUT2D eigenvalue weighted by Crippen LogP contribution is 2.20. The normalized spacial score (nSPS) is 15.4. The first-order valence-corrected chi connectivity index (χ1v) is 9.22. The second-order valence-corrected chi connectivity index (χ2v) is 7.04. The lowest BCUT2D eigenvalue weighted by Crippen LogP contribution is -2.38. The number of nitrogens with zero attached hydrogens (tertiary/aromatic N) is 1. The van der Waals surface area contributed by atoms with Gasteiger partial charge < -0.3 is 16.0 Å². The summed E-state index contributed by atoms with van der Waals surface area (Å²) in [7, 11) is 0. The third-order valence-corrected chi connectivity index (χ3v) is 4.92. The van der Waals surface area contributed by atoms with Gasteiger partial charge in [-0.3, -0.25) is 9.59 Å². The van der Waals surface area contributed by atoms with Crippen molar-refractivity contribution in [3.05, 3.63) is 29.3 Å². The van der Waals surface area contributed by atoms with Crippen molar-refractivity contribution in [1.29, 1.82) is 0 Å². The van der Waals surface area contributed by atoms with Crippen molar-refractivity contribution in [2.24, 2.45) is 5.73 Å². The van der Waals surface area contributed by atoms with Crippen molar-refractivity contribution in [2.75, 3.05) is 29.9 Å². The number of amides is 2. The summed E-state index contributed by atoms with van der Waals surface area (Å²) in [6.45, 7) is 5.46. The van der Waals surface area contributed by atoms with Gasteiger partial charge in [-0.15, -0.1) is 12.4 Å². The topological polar surface area (TPSA) is 75.4 Å². The van der Waals surface area contributed by atoms with Crippen molar-refractivity contribution in [2.45, 2.75) is 32.7 Å². The number of nitrogens with two attached hydrogens (primary N) is 1. The minimum absolute atomic E-state index is 0. The van der Waals surface area contributed by atoms with Gasteiger partial charge in [0, 0.05) is 35.8 Å². The summed E-state index contributed by atoms with van der Waals surface area (Å²) in [5.41, 5.74) is 8.05. The van der Waals surface area contributed by atoms with E-state index in [1.807, 2.05) is 42.6 Å². The first-order valence-electron chi connectivity index (χ1n) is 8.07. The fourth-order valence-corrected chi connectivity index (χ4v) is 3.41. The molecule has 134 valence electrons. The molecule has 0 bridgehead atoms. The SMILES string of the molecule is CCCC(N)C(=O)Nc1cc(C(=O)N2CCSCC2)ccc1C.Cl. The second kappa shape index (κ2) is 9.91. The molecule has 1 aromatic rings. The largest absolute Gasteiger partial charge is 0.337 e. The first kappa shape index (κ1) is 20.8. The molecule has 5 nitrogen and oxygen atoms in total. The van der Waals surface area contributed by atoms with E-state index in [0.717, 1.165) is 36.6 Å². The van der Waals surface area contributed by atoms with Crippen molar-refractivity contribution < 1.29 is 9.59 Å². The Morgan fingerprint density at radius 3 is 2.62 bits per heavy atom. The first-order chi connectivity index (χ1) is 11.0. The summed E-state index contributed by atoms with van der Waals surface area (Å²) in [6, 6.07) is 4.93. The maximum Gasteiger partial charge on any atom is 0.253 e. The van der Waals surface area contributed by atoms with E-state index in [9.17, 15) is 9.59 Å². The van der Waals surface area contributed by atoms with E-state index >= 15 is 0 Å². The summed E-state index contributed by atoms with van der Waals surface area (Å²) in [6.07, 6.45) is 1.51. The van der Waals surface area contributed by atoms with Crippen LogP contribution < -0.4 is 11.1 Å². The molecule has 0 spiro atoms. The van der Waals surface area contributed by atoms with Crippen LogP contribution >= 0.6 is 24.2 Å². The number of benzene rings is 1. The molecule has 0 aromatic heterocycles. The molecule has 1 unspecified atom stereocenters. The number of carbonyl (C=O) groups excluding carboxylic acids is 2. The molecule has 1 aliphatic rings. The monoisotopic (exact) mass is 371 g/mol. The zero-order chi connectivity index (χ0) is 16.8. The summed E-state index contributed by atoms with van der Waals surface area (Å²) in [4.78, 5) is 26.5. The van der Waals surface area contributed by atoms with E-state index < -0.39 is 6.04 Å². The number of thioether (sulfide) groups is 1. The molecule has 1 saturated heterocycles. The van der Waals surface area contributed by atoms with Crippen molar-refractivity contribution >= 4 is 41.7 Å². The van der Waals surface area contributed by atoms with Crippen LogP contribution in [0.4, 0.5) is 5.69 Å². The third kappa shape index (κ3) is 5.40. The van der Waals surface area contributed by atoms with Crippen LogP contribution in [-0.4, -0.2) is 47.4 Å². The Morgan fingerprint density at radius 2 is 2.00 bits per heavy atom. The van der Waals surface area contributed by atoms with Crippen LogP contribution in [0.25, 0.3) is 0 Å². The Morgan fingerprint density at radius 1 is 1.33 bits per heavy atom.